The van der Waals surface area contributed by atoms with Gasteiger partial charge in [0.25, 0.3) is 0 Å². The molecule has 1 N–H and O–H groups in total. The number of carbonyl (C=O) groups excluding carboxylic acids is 1. The Morgan fingerprint density at radius 1 is 1.43 bits per heavy atom. The number of nitrogens with one attached hydrogen (secondary N) is 1. The molecule has 0 saturated heterocycles. The number of nitrogens with zero attached hydrogens (tertiary/aromatic N) is 1. The Hall–Kier alpha value is -0.610. The molecule has 5 heteroatoms. The molecule has 1 aliphatic carbocycles. The van der Waals surface area contributed by atoms with Crippen LogP contribution in [0.1, 0.15) is 30.3 Å². The second-order valence-corrected chi connectivity index (χ2v) is 4.36. The number of amides is 1. The largest absolute Gasteiger partial charge is 0.302 e. The molecule has 78 valence electrons. The van der Waals surface area contributed by atoms with Crippen LogP contribution in [0.4, 0.5) is 5.13 Å². The predicted octanol–water partition coefficient (Wildman–Crippen LogP) is 2.40. The van der Waals surface area contributed by atoms with Gasteiger partial charge >= 0.3 is 0 Å². The summed E-state index contributed by atoms with van der Waals surface area (Å²) in [4.78, 5) is 16.5. The molecule has 1 heterocycles. The highest BCUT2D eigenvalue weighted by Crippen LogP contribution is 2.29. The number of hydrogen-bond donors (Lipinski definition) is 1. The van der Waals surface area contributed by atoms with Gasteiger partial charge in [0.05, 0.1) is 5.69 Å². The van der Waals surface area contributed by atoms with Crippen molar-refractivity contribution in [3.05, 3.63) is 10.6 Å². The summed E-state index contributed by atoms with van der Waals surface area (Å²) in [5, 5.41) is 3.49. The van der Waals surface area contributed by atoms with Crippen LogP contribution in [0.5, 0.6) is 0 Å². The van der Waals surface area contributed by atoms with E-state index in [-0.39, 0.29) is 18.3 Å². The maximum atomic E-state index is 10.8. The zero-order chi connectivity index (χ0) is 9.26. The highest BCUT2D eigenvalue weighted by Gasteiger charge is 2.15. The molecule has 0 fully saturated rings. The van der Waals surface area contributed by atoms with E-state index < -0.39 is 0 Å². The van der Waals surface area contributed by atoms with E-state index in [4.69, 9.17) is 0 Å². The minimum atomic E-state index is -0.0360. The van der Waals surface area contributed by atoms with Crippen LogP contribution in [0.3, 0.4) is 0 Å². The molecule has 14 heavy (non-hydrogen) atoms. The molecule has 0 spiro atoms. The lowest BCUT2D eigenvalue weighted by Gasteiger charge is -2.06. The van der Waals surface area contributed by atoms with Gasteiger partial charge in [0.15, 0.2) is 5.13 Å². The van der Waals surface area contributed by atoms with Gasteiger partial charge in [0.1, 0.15) is 0 Å². The Morgan fingerprint density at radius 3 is 2.79 bits per heavy atom. The number of rotatable bonds is 1. The summed E-state index contributed by atoms with van der Waals surface area (Å²) in [5.41, 5.74) is 1.19. The van der Waals surface area contributed by atoms with Crippen LogP contribution in [0, 0.1) is 0 Å². The third-order valence-corrected chi connectivity index (χ3v) is 3.20. The zero-order valence-corrected chi connectivity index (χ0v) is 9.63. The van der Waals surface area contributed by atoms with E-state index in [1.165, 1.54) is 30.3 Å². The van der Waals surface area contributed by atoms with E-state index in [1.54, 1.807) is 11.3 Å². The number of halogens is 1. The second-order valence-electron chi connectivity index (χ2n) is 3.28. The molecule has 0 unspecified atom stereocenters. The Bertz CT molecular complexity index is 314. The van der Waals surface area contributed by atoms with Gasteiger partial charge < -0.3 is 5.32 Å². The van der Waals surface area contributed by atoms with E-state index in [0.29, 0.717) is 0 Å². The Labute approximate surface area is 93.3 Å². The molecule has 0 aromatic carbocycles. The molecule has 0 bridgehead atoms. The standard InChI is InChI=1S/C9H12N2OS.ClH/c1-6(12)10-9-11-7-4-2-3-5-8(7)13-9;/h2-5H2,1H3,(H,10,11,12);1H. The van der Waals surface area contributed by atoms with E-state index in [1.807, 2.05) is 0 Å². The van der Waals surface area contributed by atoms with Gasteiger partial charge in [-0.15, -0.1) is 23.7 Å². The normalized spacial score (nSPS) is 14.1. The molecule has 0 aliphatic heterocycles. The number of hydrogen-bond acceptors (Lipinski definition) is 3. The van der Waals surface area contributed by atoms with Gasteiger partial charge in [0, 0.05) is 11.8 Å². The van der Waals surface area contributed by atoms with Crippen molar-refractivity contribution in [3.8, 4) is 0 Å². The Balaban J connectivity index is 0.000000980. The predicted molar refractivity (Wildman–Crippen MR) is 60.3 cm³/mol. The van der Waals surface area contributed by atoms with Crippen molar-refractivity contribution in [1.29, 1.82) is 0 Å². The Morgan fingerprint density at radius 2 is 2.14 bits per heavy atom. The van der Waals surface area contributed by atoms with Crippen LogP contribution in [0.2, 0.25) is 0 Å². The van der Waals surface area contributed by atoms with E-state index in [0.717, 1.165) is 18.0 Å². The molecular weight excluding hydrogens is 220 g/mol. The minimum absolute atomic E-state index is 0. The fourth-order valence-corrected chi connectivity index (χ4v) is 2.65. The third-order valence-electron chi connectivity index (χ3n) is 2.13. The molecule has 1 amide bonds. The number of aryl methyl sites for hydroxylation is 2. The molecule has 1 aliphatic rings. The van der Waals surface area contributed by atoms with Crippen LogP contribution in [-0.2, 0) is 17.6 Å². The number of anilines is 1. The van der Waals surface area contributed by atoms with Crippen molar-refractivity contribution in [3.63, 3.8) is 0 Å². The van der Waals surface area contributed by atoms with Crippen molar-refractivity contribution in [2.24, 2.45) is 0 Å². The lowest BCUT2D eigenvalue weighted by atomic mass is 10.0. The third kappa shape index (κ3) is 2.45. The van der Waals surface area contributed by atoms with Crippen LogP contribution in [0.25, 0.3) is 0 Å². The quantitative estimate of drug-likeness (QED) is 0.808. The van der Waals surface area contributed by atoms with Gasteiger partial charge in [-0.2, -0.15) is 0 Å². The molecule has 2 rings (SSSR count). The van der Waals surface area contributed by atoms with Gasteiger partial charge in [-0.1, -0.05) is 0 Å². The van der Waals surface area contributed by atoms with E-state index in [2.05, 4.69) is 10.3 Å². The topological polar surface area (TPSA) is 42.0 Å². The van der Waals surface area contributed by atoms with Gasteiger partial charge in [-0.05, 0) is 25.7 Å². The van der Waals surface area contributed by atoms with Crippen molar-refractivity contribution in [2.75, 3.05) is 5.32 Å². The molecular formula is C9H13ClN2OS. The van der Waals surface area contributed by atoms with Crippen LogP contribution < -0.4 is 5.32 Å². The first kappa shape index (κ1) is 11.5. The minimum Gasteiger partial charge on any atom is -0.302 e. The van der Waals surface area contributed by atoms with Crippen LogP contribution >= 0.6 is 23.7 Å². The highest BCUT2D eigenvalue weighted by atomic mass is 35.5. The van der Waals surface area contributed by atoms with Crippen LogP contribution in [0.15, 0.2) is 0 Å². The summed E-state index contributed by atoms with van der Waals surface area (Å²) in [7, 11) is 0. The SMILES string of the molecule is CC(=O)Nc1nc2c(s1)CCCC2.Cl. The Kier molecular flexibility index (Phi) is 3.89. The first-order valence-electron chi connectivity index (χ1n) is 4.52. The number of fused-ring (bicyclic) bond motifs is 1. The number of carbonyl (C=O) groups is 1. The maximum absolute atomic E-state index is 10.8. The summed E-state index contributed by atoms with van der Waals surface area (Å²) in [6.07, 6.45) is 4.70. The van der Waals surface area contributed by atoms with Crippen molar-refractivity contribution in [2.45, 2.75) is 32.6 Å². The first-order valence-corrected chi connectivity index (χ1v) is 5.33. The van der Waals surface area contributed by atoms with Crippen molar-refractivity contribution in [1.82, 2.24) is 4.98 Å². The average molecular weight is 233 g/mol. The first-order chi connectivity index (χ1) is 6.25. The zero-order valence-electron chi connectivity index (χ0n) is 8.00. The second kappa shape index (κ2) is 4.75. The van der Waals surface area contributed by atoms with Gasteiger partial charge in [0.2, 0.25) is 5.91 Å². The average Bonchev–Trinajstić information content (AvgIpc) is 2.44. The van der Waals surface area contributed by atoms with Crippen LogP contribution in [-0.4, -0.2) is 10.9 Å². The summed E-state index contributed by atoms with van der Waals surface area (Å²) in [6, 6.07) is 0. The van der Waals surface area contributed by atoms with E-state index in [9.17, 15) is 4.79 Å². The molecule has 0 saturated carbocycles. The fourth-order valence-electron chi connectivity index (χ4n) is 1.56. The van der Waals surface area contributed by atoms with Crippen molar-refractivity contribution >= 4 is 34.8 Å². The number of aromatic nitrogens is 1. The summed E-state index contributed by atoms with van der Waals surface area (Å²) < 4.78 is 0. The van der Waals surface area contributed by atoms with Crippen molar-refractivity contribution < 1.29 is 4.79 Å². The molecule has 3 nitrogen and oxygen atoms in total. The maximum Gasteiger partial charge on any atom is 0.223 e. The smallest absolute Gasteiger partial charge is 0.223 e. The summed E-state index contributed by atoms with van der Waals surface area (Å²) >= 11 is 1.62. The summed E-state index contributed by atoms with van der Waals surface area (Å²) in [5.74, 6) is -0.0360. The molecule has 1 aromatic rings. The lowest BCUT2D eigenvalue weighted by Crippen LogP contribution is -2.05. The molecule has 0 atom stereocenters. The molecule has 0 radical (unpaired) electrons. The summed E-state index contributed by atoms with van der Waals surface area (Å²) in [6.45, 7) is 1.51. The van der Waals surface area contributed by atoms with E-state index >= 15 is 0 Å². The number of thiazole rings is 1. The lowest BCUT2D eigenvalue weighted by molar-refractivity contribution is -0.114. The highest BCUT2D eigenvalue weighted by molar-refractivity contribution is 7.15. The van der Waals surface area contributed by atoms with Gasteiger partial charge in [-0.25, -0.2) is 4.98 Å². The monoisotopic (exact) mass is 232 g/mol. The molecule has 1 aromatic heterocycles. The van der Waals surface area contributed by atoms with Gasteiger partial charge in [-0.3, -0.25) is 4.79 Å². The fraction of sp³-hybridized carbons (Fsp3) is 0.556.